The van der Waals surface area contributed by atoms with Crippen molar-refractivity contribution in [1.82, 2.24) is 5.32 Å². The Kier molecular flexibility index (Phi) is 6.75. The zero-order valence-electron chi connectivity index (χ0n) is 12.6. The standard InChI is InChI=1S/C15H25NO4/c1-5-19-15(18)11(3)14(10(2)12(4)17)16-9-13-7-6-8-20-13/h6-8,10-12,14,16-17H,5,9H2,1-4H3. The molecular weight excluding hydrogens is 258 g/mol. The fourth-order valence-corrected chi connectivity index (χ4v) is 2.17. The summed E-state index contributed by atoms with van der Waals surface area (Å²) < 4.78 is 10.3. The molecule has 5 heteroatoms. The second-order valence-corrected chi connectivity index (χ2v) is 5.13. The summed E-state index contributed by atoms with van der Waals surface area (Å²) in [7, 11) is 0. The number of hydrogen-bond acceptors (Lipinski definition) is 5. The van der Waals surface area contributed by atoms with Gasteiger partial charge in [0.2, 0.25) is 0 Å². The molecule has 0 fully saturated rings. The molecule has 0 aliphatic rings. The normalized spacial score (nSPS) is 17.2. The minimum absolute atomic E-state index is 0.0793. The molecule has 0 amide bonds. The number of rotatable bonds is 8. The van der Waals surface area contributed by atoms with Gasteiger partial charge in [0.05, 0.1) is 31.4 Å². The van der Waals surface area contributed by atoms with Crippen LogP contribution in [0.5, 0.6) is 0 Å². The third-order valence-corrected chi connectivity index (χ3v) is 3.62. The quantitative estimate of drug-likeness (QED) is 0.714. The summed E-state index contributed by atoms with van der Waals surface area (Å²) in [5.74, 6) is 0.125. The van der Waals surface area contributed by atoms with E-state index in [1.54, 1.807) is 20.1 Å². The van der Waals surface area contributed by atoms with Gasteiger partial charge in [0.1, 0.15) is 5.76 Å². The maximum atomic E-state index is 11.9. The van der Waals surface area contributed by atoms with Crippen molar-refractivity contribution in [2.75, 3.05) is 6.61 Å². The number of carbonyl (C=O) groups excluding carboxylic acids is 1. The van der Waals surface area contributed by atoms with Crippen molar-refractivity contribution in [2.24, 2.45) is 11.8 Å². The van der Waals surface area contributed by atoms with Gasteiger partial charge in [-0.3, -0.25) is 4.79 Å². The molecule has 0 aromatic carbocycles. The van der Waals surface area contributed by atoms with E-state index < -0.39 is 6.10 Å². The number of aliphatic hydroxyl groups is 1. The lowest BCUT2D eigenvalue weighted by Gasteiger charge is -2.30. The molecule has 0 aliphatic carbocycles. The Hall–Kier alpha value is -1.33. The molecule has 4 atom stereocenters. The predicted molar refractivity (Wildman–Crippen MR) is 76.0 cm³/mol. The number of hydrogen-bond donors (Lipinski definition) is 2. The van der Waals surface area contributed by atoms with E-state index in [0.717, 1.165) is 5.76 Å². The first-order valence-electron chi connectivity index (χ1n) is 7.07. The van der Waals surface area contributed by atoms with Crippen molar-refractivity contribution in [3.05, 3.63) is 24.2 Å². The summed E-state index contributed by atoms with van der Waals surface area (Å²) in [6.07, 6.45) is 1.10. The fourth-order valence-electron chi connectivity index (χ4n) is 2.17. The van der Waals surface area contributed by atoms with E-state index >= 15 is 0 Å². The van der Waals surface area contributed by atoms with Gasteiger partial charge in [0.25, 0.3) is 0 Å². The Bertz CT molecular complexity index is 389. The minimum Gasteiger partial charge on any atom is -0.468 e. The SMILES string of the molecule is CCOC(=O)C(C)C(NCc1ccco1)C(C)C(C)O. The summed E-state index contributed by atoms with van der Waals surface area (Å²) in [6, 6.07) is 3.50. The van der Waals surface area contributed by atoms with Crippen LogP contribution in [-0.4, -0.2) is 29.8 Å². The Morgan fingerprint density at radius 2 is 2.15 bits per heavy atom. The highest BCUT2D eigenvalue weighted by Crippen LogP contribution is 2.19. The molecule has 2 N–H and O–H groups in total. The summed E-state index contributed by atoms with van der Waals surface area (Å²) in [4.78, 5) is 11.9. The van der Waals surface area contributed by atoms with Crippen LogP contribution in [0, 0.1) is 11.8 Å². The molecule has 1 heterocycles. The molecule has 0 saturated carbocycles. The molecule has 0 aliphatic heterocycles. The van der Waals surface area contributed by atoms with E-state index in [-0.39, 0.29) is 23.8 Å². The average Bonchev–Trinajstić information content (AvgIpc) is 2.91. The van der Waals surface area contributed by atoms with Crippen molar-refractivity contribution >= 4 is 5.97 Å². The largest absolute Gasteiger partial charge is 0.468 e. The molecule has 1 aromatic rings. The van der Waals surface area contributed by atoms with Crippen molar-refractivity contribution in [1.29, 1.82) is 0 Å². The third kappa shape index (κ3) is 4.65. The van der Waals surface area contributed by atoms with Gasteiger partial charge in [-0.25, -0.2) is 0 Å². The molecule has 1 rings (SSSR count). The van der Waals surface area contributed by atoms with Crippen LogP contribution in [0.15, 0.2) is 22.8 Å². The highest BCUT2D eigenvalue weighted by molar-refractivity contribution is 5.72. The zero-order chi connectivity index (χ0) is 15.1. The number of furan rings is 1. The summed E-state index contributed by atoms with van der Waals surface area (Å²) in [5, 5.41) is 13.1. The van der Waals surface area contributed by atoms with E-state index in [4.69, 9.17) is 9.15 Å². The average molecular weight is 283 g/mol. The highest BCUT2D eigenvalue weighted by Gasteiger charge is 2.31. The molecule has 20 heavy (non-hydrogen) atoms. The first kappa shape index (κ1) is 16.7. The second kappa shape index (κ2) is 8.07. The van der Waals surface area contributed by atoms with E-state index in [9.17, 15) is 9.90 Å². The van der Waals surface area contributed by atoms with Gasteiger partial charge in [-0.1, -0.05) is 13.8 Å². The summed E-state index contributed by atoms with van der Waals surface area (Å²) in [5.41, 5.74) is 0. The van der Waals surface area contributed by atoms with Gasteiger partial charge >= 0.3 is 5.97 Å². The topological polar surface area (TPSA) is 71.7 Å². The molecule has 0 saturated heterocycles. The highest BCUT2D eigenvalue weighted by atomic mass is 16.5. The first-order valence-corrected chi connectivity index (χ1v) is 7.07. The maximum Gasteiger partial charge on any atom is 0.310 e. The van der Waals surface area contributed by atoms with Crippen LogP contribution in [0.4, 0.5) is 0 Å². The summed E-state index contributed by atoms with van der Waals surface area (Å²) >= 11 is 0. The minimum atomic E-state index is -0.513. The molecule has 1 aromatic heterocycles. The lowest BCUT2D eigenvalue weighted by molar-refractivity contribution is -0.149. The smallest absolute Gasteiger partial charge is 0.310 e. The monoisotopic (exact) mass is 283 g/mol. The van der Waals surface area contributed by atoms with Crippen LogP contribution >= 0.6 is 0 Å². The molecule has 5 nitrogen and oxygen atoms in total. The second-order valence-electron chi connectivity index (χ2n) is 5.13. The van der Waals surface area contributed by atoms with E-state index in [2.05, 4.69) is 5.32 Å². The van der Waals surface area contributed by atoms with Crippen LogP contribution in [0.3, 0.4) is 0 Å². The van der Waals surface area contributed by atoms with Crippen molar-refractivity contribution in [3.8, 4) is 0 Å². The number of aliphatic hydroxyl groups excluding tert-OH is 1. The van der Waals surface area contributed by atoms with Crippen LogP contribution in [-0.2, 0) is 16.1 Å². The Balaban J connectivity index is 2.71. The van der Waals surface area contributed by atoms with Gasteiger partial charge in [-0.05, 0) is 31.9 Å². The molecule has 0 spiro atoms. The van der Waals surface area contributed by atoms with Crippen LogP contribution in [0.25, 0.3) is 0 Å². The molecule has 114 valence electrons. The van der Waals surface area contributed by atoms with Gasteiger partial charge in [-0.15, -0.1) is 0 Å². The molecule has 0 bridgehead atoms. The number of esters is 1. The van der Waals surface area contributed by atoms with Gasteiger partial charge in [0, 0.05) is 6.04 Å². The predicted octanol–water partition coefficient (Wildman–Crippen LogP) is 1.95. The third-order valence-electron chi connectivity index (χ3n) is 3.62. The lowest BCUT2D eigenvalue weighted by Crippen LogP contribution is -2.46. The van der Waals surface area contributed by atoms with E-state index in [1.165, 1.54) is 0 Å². The van der Waals surface area contributed by atoms with E-state index in [1.807, 2.05) is 26.0 Å². The van der Waals surface area contributed by atoms with E-state index in [0.29, 0.717) is 13.2 Å². The van der Waals surface area contributed by atoms with Crippen molar-refractivity contribution < 1.29 is 19.1 Å². The number of ether oxygens (including phenoxy) is 1. The Labute approximate surface area is 120 Å². The number of carbonyl (C=O) groups is 1. The van der Waals surface area contributed by atoms with Crippen LogP contribution in [0.2, 0.25) is 0 Å². The van der Waals surface area contributed by atoms with Crippen LogP contribution in [0.1, 0.15) is 33.5 Å². The zero-order valence-corrected chi connectivity index (χ0v) is 12.6. The van der Waals surface area contributed by atoms with Gasteiger partial charge < -0.3 is 19.6 Å². The summed E-state index contributed by atoms with van der Waals surface area (Å²) in [6.45, 7) is 8.12. The van der Waals surface area contributed by atoms with Crippen molar-refractivity contribution in [2.45, 2.75) is 46.4 Å². The fraction of sp³-hybridized carbons (Fsp3) is 0.667. The number of nitrogens with one attached hydrogen (secondary N) is 1. The van der Waals surface area contributed by atoms with Gasteiger partial charge in [0.15, 0.2) is 0 Å². The van der Waals surface area contributed by atoms with Gasteiger partial charge in [-0.2, -0.15) is 0 Å². The maximum absolute atomic E-state index is 11.9. The lowest BCUT2D eigenvalue weighted by atomic mass is 9.87. The molecule has 4 unspecified atom stereocenters. The van der Waals surface area contributed by atoms with Crippen molar-refractivity contribution in [3.63, 3.8) is 0 Å². The Morgan fingerprint density at radius 1 is 1.45 bits per heavy atom. The first-order chi connectivity index (χ1) is 9.47. The van der Waals surface area contributed by atoms with Crippen LogP contribution < -0.4 is 5.32 Å². The Morgan fingerprint density at radius 3 is 2.65 bits per heavy atom. The molecular formula is C15H25NO4. The molecule has 0 radical (unpaired) electrons.